The molecule has 0 spiro atoms. The summed E-state index contributed by atoms with van der Waals surface area (Å²) in [6.07, 6.45) is 0. The lowest BCUT2D eigenvalue weighted by Crippen LogP contribution is -2.18. The van der Waals surface area contributed by atoms with Crippen LogP contribution in [0.5, 0.6) is 0 Å². The van der Waals surface area contributed by atoms with Gasteiger partial charge in [-0.2, -0.15) is 0 Å². The van der Waals surface area contributed by atoms with Crippen molar-refractivity contribution in [2.75, 3.05) is 11.8 Å². The van der Waals surface area contributed by atoms with Crippen LogP contribution >= 0.6 is 11.6 Å². The summed E-state index contributed by atoms with van der Waals surface area (Å²) >= 11 is 5.89. The Morgan fingerprint density at radius 3 is 2.55 bits per heavy atom. The summed E-state index contributed by atoms with van der Waals surface area (Å²) in [5.74, 6) is -0.719. The molecule has 0 saturated heterocycles. The van der Waals surface area contributed by atoms with Gasteiger partial charge in [0, 0.05) is 5.02 Å². The first-order chi connectivity index (χ1) is 10.3. The van der Waals surface area contributed by atoms with Crippen LogP contribution in [0.1, 0.15) is 15.9 Å². The second-order valence-electron chi connectivity index (χ2n) is 4.55. The second kappa shape index (κ2) is 6.37. The number of rotatable bonds is 4. The highest BCUT2D eigenvalue weighted by Crippen LogP contribution is 2.25. The third-order valence-electron chi connectivity index (χ3n) is 3.03. The fraction of sp³-hybridized carbons (Fsp3) is 0.133. The maximum Gasteiger partial charge on any atom is 0.339 e. The van der Waals surface area contributed by atoms with Gasteiger partial charge in [0.25, 0.3) is 10.0 Å². The number of aryl methyl sites for hydroxylation is 1. The van der Waals surface area contributed by atoms with Gasteiger partial charge < -0.3 is 4.74 Å². The fourth-order valence-electron chi connectivity index (χ4n) is 1.88. The number of carbonyl (C=O) groups excluding carboxylic acids is 1. The molecule has 2 aromatic carbocycles. The largest absolute Gasteiger partial charge is 0.465 e. The van der Waals surface area contributed by atoms with E-state index < -0.39 is 16.0 Å². The van der Waals surface area contributed by atoms with E-state index >= 15 is 0 Å². The van der Waals surface area contributed by atoms with Crippen LogP contribution in [0.25, 0.3) is 0 Å². The van der Waals surface area contributed by atoms with Crippen LogP contribution in [0.4, 0.5) is 5.69 Å². The van der Waals surface area contributed by atoms with Crippen molar-refractivity contribution in [2.45, 2.75) is 11.8 Å². The van der Waals surface area contributed by atoms with E-state index in [1.54, 1.807) is 25.1 Å². The molecule has 0 atom stereocenters. The van der Waals surface area contributed by atoms with Crippen LogP contribution < -0.4 is 4.72 Å². The second-order valence-corrected chi connectivity index (χ2v) is 6.64. The molecular formula is C15H14ClNO4S. The van der Waals surface area contributed by atoms with Crippen LogP contribution in [0.2, 0.25) is 5.02 Å². The van der Waals surface area contributed by atoms with Crippen molar-refractivity contribution in [1.82, 2.24) is 0 Å². The summed E-state index contributed by atoms with van der Waals surface area (Å²) in [6, 6.07) is 10.7. The zero-order valence-corrected chi connectivity index (χ0v) is 13.5. The molecule has 2 aromatic rings. The highest BCUT2D eigenvalue weighted by Gasteiger charge is 2.23. The zero-order valence-electron chi connectivity index (χ0n) is 12.0. The van der Waals surface area contributed by atoms with Crippen LogP contribution in [0, 0.1) is 6.92 Å². The van der Waals surface area contributed by atoms with Gasteiger partial charge >= 0.3 is 5.97 Å². The number of nitrogens with one attached hydrogen (secondary N) is 1. The Kier molecular flexibility index (Phi) is 4.73. The molecule has 1 N–H and O–H groups in total. The maximum atomic E-state index is 12.5. The van der Waals surface area contributed by atoms with Gasteiger partial charge in [-0.25, -0.2) is 13.2 Å². The molecule has 0 aliphatic carbocycles. The van der Waals surface area contributed by atoms with E-state index in [0.29, 0.717) is 16.3 Å². The topological polar surface area (TPSA) is 72.5 Å². The Bertz CT molecular complexity index is 818. The number of sulfonamides is 1. The Morgan fingerprint density at radius 1 is 1.18 bits per heavy atom. The summed E-state index contributed by atoms with van der Waals surface area (Å²) in [5, 5.41) is 0.407. The minimum Gasteiger partial charge on any atom is -0.465 e. The summed E-state index contributed by atoms with van der Waals surface area (Å²) in [4.78, 5) is 11.6. The first-order valence-corrected chi connectivity index (χ1v) is 8.17. The summed E-state index contributed by atoms with van der Waals surface area (Å²) in [6.45, 7) is 1.75. The molecule has 0 unspecified atom stereocenters. The van der Waals surface area contributed by atoms with Gasteiger partial charge in [0.2, 0.25) is 0 Å². The molecule has 0 saturated carbocycles. The molecule has 0 amide bonds. The Labute approximate surface area is 133 Å². The van der Waals surface area contributed by atoms with Crippen LogP contribution in [-0.4, -0.2) is 21.5 Å². The number of benzene rings is 2. The predicted octanol–water partition coefficient (Wildman–Crippen LogP) is 3.24. The average molecular weight is 340 g/mol. The van der Waals surface area contributed by atoms with E-state index in [1.165, 1.54) is 31.4 Å². The molecule has 22 heavy (non-hydrogen) atoms. The van der Waals surface area contributed by atoms with Crippen molar-refractivity contribution in [1.29, 1.82) is 0 Å². The lowest BCUT2D eigenvalue weighted by molar-refractivity contribution is 0.0596. The Hall–Kier alpha value is -2.05. The van der Waals surface area contributed by atoms with Gasteiger partial charge in [0.15, 0.2) is 0 Å². The summed E-state index contributed by atoms with van der Waals surface area (Å²) < 4.78 is 32.1. The third kappa shape index (κ3) is 3.40. The SMILES string of the molecule is COC(=O)c1ccccc1S(=O)(=O)Nc1cc(Cl)ccc1C. The third-order valence-corrected chi connectivity index (χ3v) is 4.68. The predicted molar refractivity (Wildman–Crippen MR) is 84.8 cm³/mol. The molecule has 0 radical (unpaired) electrons. The van der Waals surface area contributed by atoms with E-state index in [-0.39, 0.29) is 10.5 Å². The van der Waals surface area contributed by atoms with E-state index in [1.807, 2.05) is 0 Å². The smallest absolute Gasteiger partial charge is 0.339 e. The molecule has 0 bridgehead atoms. The number of esters is 1. The molecular weight excluding hydrogens is 326 g/mol. The van der Waals surface area contributed by atoms with Crippen LogP contribution in [-0.2, 0) is 14.8 Å². The van der Waals surface area contributed by atoms with Crippen molar-refractivity contribution in [3.8, 4) is 0 Å². The highest BCUT2D eigenvalue weighted by molar-refractivity contribution is 7.92. The van der Waals surface area contributed by atoms with Gasteiger partial charge in [0.1, 0.15) is 4.90 Å². The molecule has 0 heterocycles. The monoisotopic (exact) mass is 339 g/mol. The number of hydrogen-bond donors (Lipinski definition) is 1. The van der Waals surface area contributed by atoms with Gasteiger partial charge in [-0.3, -0.25) is 4.72 Å². The summed E-state index contributed by atoms with van der Waals surface area (Å²) in [5.41, 5.74) is 1.04. The number of anilines is 1. The minimum atomic E-state index is -3.95. The number of halogens is 1. The Balaban J connectivity index is 2.48. The molecule has 2 rings (SSSR count). The lowest BCUT2D eigenvalue weighted by Gasteiger charge is -2.13. The van der Waals surface area contributed by atoms with Gasteiger partial charge in [-0.15, -0.1) is 0 Å². The molecule has 7 heteroatoms. The number of carbonyl (C=O) groups is 1. The standard InChI is InChI=1S/C15H14ClNO4S/c1-10-7-8-11(16)9-13(10)17-22(19,20)14-6-4-3-5-12(14)15(18)21-2/h3-9,17H,1-2H3. The molecule has 0 aliphatic rings. The van der Waals surface area contributed by atoms with Gasteiger partial charge in [-0.1, -0.05) is 29.8 Å². The first kappa shape index (κ1) is 16.3. The van der Waals surface area contributed by atoms with E-state index in [0.717, 1.165) is 0 Å². The maximum absolute atomic E-state index is 12.5. The van der Waals surface area contributed by atoms with Crippen molar-refractivity contribution >= 4 is 33.3 Å². The van der Waals surface area contributed by atoms with Crippen LogP contribution in [0.15, 0.2) is 47.4 Å². The Morgan fingerprint density at radius 2 is 1.86 bits per heavy atom. The van der Waals surface area contributed by atoms with Crippen molar-refractivity contribution < 1.29 is 17.9 Å². The van der Waals surface area contributed by atoms with Gasteiger partial charge in [0.05, 0.1) is 18.4 Å². The molecule has 0 aromatic heterocycles. The lowest BCUT2D eigenvalue weighted by atomic mass is 10.2. The number of ether oxygens (including phenoxy) is 1. The molecule has 0 fully saturated rings. The quantitative estimate of drug-likeness (QED) is 0.868. The van der Waals surface area contributed by atoms with Gasteiger partial charge in [-0.05, 0) is 36.8 Å². The fourth-order valence-corrected chi connectivity index (χ4v) is 3.37. The molecule has 0 aliphatic heterocycles. The van der Waals surface area contributed by atoms with Crippen molar-refractivity contribution in [2.24, 2.45) is 0 Å². The van der Waals surface area contributed by atoms with Crippen LogP contribution in [0.3, 0.4) is 0 Å². The van der Waals surface area contributed by atoms with E-state index in [9.17, 15) is 13.2 Å². The normalized spacial score (nSPS) is 11.0. The number of methoxy groups -OCH3 is 1. The zero-order chi connectivity index (χ0) is 16.3. The molecule has 5 nitrogen and oxygen atoms in total. The molecule has 116 valence electrons. The highest BCUT2D eigenvalue weighted by atomic mass is 35.5. The van der Waals surface area contributed by atoms with Crippen molar-refractivity contribution in [3.63, 3.8) is 0 Å². The van der Waals surface area contributed by atoms with E-state index in [2.05, 4.69) is 9.46 Å². The number of hydrogen-bond acceptors (Lipinski definition) is 4. The minimum absolute atomic E-state index is 0.0304. The first-order valence-electron chi connectivity index (χ1n) is 6.31. The van der Waals surface area contributed by atoms with Crippen molar-refractivity contribution in [3.05, 3.63) is 58.6 Å². The van der Waals surface area contributed by atoms with E-state index in [4.69, 9.17) is 11.6 Å². The average Bonchev–Trinajstić information content (AvgIpc) is 2.50. The summed E-state index contributed by atoms with van der Waals surface area (Å²) in [7, 11) is -2.75.